The number of aromatic nitrogens is 3. The average molecular weight is 291 g/mol. The summed E-state index contributed by atoms with van der Waals surface area (Å²) in [4.78, 5) is 12.2. The SMILES string of the molecule is CCc1nn(C)c(Cn2c(C)ccc(C#N)c2=O)c1Cl. The van der Waals surface area contributed by atoms with Crippen molar-refractivity contribution in [3.05, 3.63) is 50.2 Å². The molecule has 2 heterocycles. The molecule has 104 valence electrons. The Morgan fingerprint density at radius 1 is 1.45 bits per heavy atom. The zero-order valence-electron chi connectivity index (χ0n) is 11.6. The molecule has 0 saturated heterocycles. The predicted octanol–water partition coefficient (Wildman–Crippen LogP) is 2.03. The van der Waals surface area contributed by atoms with Gasteiger partial charge in [0.25, 0.3) is 5.56 Å². The molecule has 0 radical (unpaired) electrons. The number of aryl methyl sites for hydroxylation is 3. The van der Waals surface area contributed by atoms with Crippen LogP contribution >= 0.6 is 11.6 Å². The minimum atomic E-state index is -0.303. The highest BCUT2D eigenvalue weighted by molar-refractivity contribution is 6.31. The van der Waals surface area contributed by atoms with Crippen LogP contribution in [0, 0.1) is 18.3 Å². The van der Waals surface area contributed by atoms with Crippen LogP contribution in [0.2, 0.25) is 5.02 Å². The quantitative estimate of drug-likeness (QED) is 0.869. The maximum absolute atomic E-state index is 12.2. The lowest BCUT2D eigenvalue weighted by Crippen LogP contribution is -2.25. The highest BCUT2D eigenvalue weighted by Crippen LogP contribution is 2.21. The minimum absolute atomic E-state index is 0.129. The fourth-order valence-corrected chi connectivity index (χ4v) is 2.45. The smallest absolute Gasteiger partial charge is 0.269 e. The molecule has 2 rings (SSSR count). The van der Waals surface area contributed by atoms with Crippen molar-refractivity contribution in [2.24, 2.45) is 7.05 Å². The molecule has 0 unspecified atom stereocenters. The molecule has 2 aromatic heterocycles. The van der Waals surface area contributed by atoms with Gasteiger partial charge in [0.15, 0.2) is 0 Å². The van der Waals surface area contributed by atoms with Crippen molar-refractivity contribution < 1.29 is 0 Å². The Kier molecular flexibility index (Phi) is 3.96. The lowest BCUT2D eigenvalue weighted by Gasteiger charge is -2.10. The molecular weight excluding hydrogens is 276 g/mol. The Hall–Kier alpha value is -2.06. The van der Waals surface area contributed by atoms with Gasteiger partial charge in [-0.15, -0.1) is 0 Å². The molecule has 0 saturated carbocycles. The average Bonchev–Trinajstić information content (AvgIpc) is 2.70. The third-order valence-electron chi connectivity index (χ3n) is 3.32. The van der Waals surface area contributed by atoms with Gasteiger partial charge in [0.1, 0.15) is 11.6 Å². The Balaban J connectivity index is 2.54. The van der Waals surface area contributed by atoms with E-state index in [9.17, 15) is 4.79 Å². The largest absolute Gasteiger partial charge is 0.306 e. The first-order valence-electron chi connectivity index (χ1n) is 6.30. The summed E-state index contributed by atoms with van der Waals surface area (Å²) >= 11 is 6.29. The van der Waals surface area contributed by atoms with Gasteiger partial charge in [-0.25, -0.2) is 0 Å². The van der Waals surface area contributed by atoms with Crippen LogP contribution in [0.1, 0.15) is 29.6 Å². The summed E-state index contributed by atoms with van der Waals surface area (Å²) in [5, 5.41) is 13.9. The maximum Gasteiger partial charge on any atom is 0.269 e. The summed E-state index contributed by atoms with van der Waals surface area (Å²) in [6, 6.07) is 5.20. The van der Waals surface area contributed by atoms with Crippen molar-refractivity contribution in [1.29, 1.82) is 5.26 Å². The van der Waals surface area contributed by atoms with Crippen LogP contribution in [0.5, 0.6) is 0 Å². The predicted molar refractivity (Wildman–Crippen MR) is 76.9 cm³/mol. The highest BCUT2D eigenvalue weighted by Gasteiger charge is 2.15. The molecule has 0 aliphatic heterocycles. The van der Waals surface area contributed by atoms with Crippen LogP contribution in [0.3, 0.4) is 0 Å². The Labute approximate surface area is 122 Å². The van der Waals surface area contributed by atoms with Crippen LogP contribution in [-0.4, -0.2) is 14.3 Å². The molecule has 0 spiro atoms. The molecule has 0 aliphatic rings. The van der Waals surface area contributed by atoms with E-state index >= 15 is 0 Å². The molecule has 0 amide bonds. The molecule has 6 heteroatoms. The zero-order valence-corrected chi connectivity index (χ0v) is 12.4. The van der Waals surface area contributed by atoms with Crippen LogP contribution in [0.25, 0.3) is 0 Å². The van der Waals surface area contributed by atoms with Gasteiger partial charge < -0.3 is 4.57 Å². The van der Waals surface area contributed by atoms with Gasteiger partial charge in [-0.3, -0.25) is 9.48 Å². The van der Waals surface area contributed by atoms with E-state index in [1.165, 1.54) is 6.07 Å². The summed E-state index contributed by atoms with van der Waals surface area (Å²) in [5.41, 5.74) is 2.19. The number of rotatable bonds is 3. The first kappa shape index (κ1) is 14.4. The van der Waals surface area contributed by atoms with Crippen molar-refractivity contribution in [3.63, 3.8) is 0 Å². The van der Waals surface area contributed by atoms with Gasteiger partial charge in [0, 0.05) is 12.7 Å². The van der Waals surface area contributed by atoms with E-state index in [0.29, 0.717) is 11.6 Å². The number of nitriles is 1. The Morgan fingerprint density at radius 2 is 2.15 bits per heavy atom. The summed E-state index contributed by atoms with van der Waals surface area (Å²) in [6.45, 7) is 4.11. The summed E-state index contributed by atoms with van der Waals surface area (Å²) < 4.78 is 3.23. The van der Waals surface area contributed by atoms with Crippen LogP contribution < -0.4 is 5.56 Å². The van der Waals surface area contributed by atoms with E-state index in [2.05, 4.69) is 5.10 Å². The minimum Gasteiger partial charge on any atom is -0.306 e. The Morgan fingerprint density at radius 3 is 2.70 bits per heavy atom. The third kappa shape index (κ3) is 2.35. The molecule has 5 nitrogen and oxygen atoms in total. The fraction of sp³-hybridized carbons (Fsp3) is 0.357. The van der Waals surface area contributed by atoms with E-state index in [4.69, 9.17) is 16.9 Å². The van der Waals surface area contributed by atoms with Crippen molar-refractivity contribution in [2.45, 2.75) is 26.8 Å². The molecule has 0 atom stereocenters. The monoisotopic (exact) mass is 290 g/mol. The van der Waals surface area contributed by atoms with Gasteiger partial charge >= 0.3 is 0 Å². The standard InChI is InChI=1S/C14H15ClN4O/c1-4-11-13(15)12(18(3)17-11)8-19-9(2)5-6-10(7-16)14(19)20/h5-6H,4,8H2,1-3H3. The maximum atomic E-state index is 12.2. The van der Waals surface area contributed by atoms with Gasteiger partial charge in [-0.05, 0) is 25.5 Å². The second kappa shape index (κ2) is 5.51. The van der Waals surface area contributed by atoms with Crippen molar-refractivity contribution in [2.75, 3.05) is 0 Å². The number of halogens is 1. The summed E-state index contributed by atoms with van der Waals surface area (Å²) in [7, 11) is 1.80. The van der Waals surface area contributed by atoms with Crippen molar-refractivity contribution >= 4 is 11.6 Å². The van der Waals surface area contributed by atoms with Crippen LogP contribution in [0.4, 0.5) is 0 Å². The van der Waals surface area contributed by atoms with E-state index in [-0.39, 0.29) is 11.1 Å². The molecular formula is C14H15ClN4O. The second-order valence-electron chi connectivity index (χ2n) is 4.58. The molecule has 0 aliphatic carbocycles. The highest BCUT2D eigenvalue weighted by atomic mass is 35.5. The van der Waals surface area contributed by atoms with Gasteiger partial charge in [-0.1, -0.05) is 18.5 Å². The number of hydrogen-bond acceptors (Lipinski definition) is 3. The Bertz CT molecular complexity index is 752. The molecule has 0 N–H and O–H groups in total. The number of nitrogens with zero attached hydrogens (tertiary/aromatic N) is 4. The zero-order chi connectivity index (χ0) is 14.9. The molecule has 0 fully saturated rings. The normalized spacial score (nSPS) is 10.6. The van der Waals surface area contributed by atoms with Crippen LogP contribution in [-0.2, 0) is 20.0 Å². The summed E-state index contributed by atoms with van der Waals surface area (Å²) in [5.74, 6) is 0. The third-order valence-corrected chi connectivity index (χ3v) is 3.76. The second-order valence-corrected chi connectivity index (χ2v) is 4.95. The van der Waals surface area contributed by atoms with Gasteiger partial charge in [0.05, 0.1) is 23.0 Å². The van der Waals surface area contributed by atoms with E-state index in [1.807, 2.05) is 19.9 Å². The molecule has 0 aromatic carbocycles. The topological polar surface area (TPSA) is 63.6 Å². The van der Waals surface area contributed by atoms with E-state index in [0.717, 1.165) is 23.5 Å². The molecule has 2 aromatic rings. The number of hydrogen-bond donors (Lipinski definition) is 0. The van der Waals surface area contributed by atoms with Crippen molar-refractivity contribution in [3.8, 4) is 6.07 Å². The first-order valence-corrected chi connectivity index (χ1v) is 6.68. The van der Waals surface area contributed by atoms with Gasteiger partial charge in [-0.2, -0.15) is 10.4 Å². The molecule has 0 bridgehead atoms. The van der Waals surface area contributed by atoms with E-state index < -0.39 is 0 Å². The lowest BCUT2D eigenvalue weighted by atomic mass is 10.2. The molecule has 20 heavy (non-hydrogen) atoms. The van der Waals surface area contributed by atoms with E-state index in [1.54, 1.807) is 22.4 Å². The van der Waals surface area contributed by atoms with Crippen LogP contribution in [0.15, 0.2) is 16.9 Å². The van der Waals surface area contributed by atoms with Crippen molar-refractivity contribution in [1.82, 2.24) is 14.3 Å². The lowest BCUT2D eigenvalue weighted by molar-refractivity contribution is 0.638. The summed E-state index contributed by atoms with van der Waals surface area (Å²) in [6.07, 6.45) is 0.735. The number of pyridine rings is 1. The van der Waals surface area contributed by atoms with Gasteiger partial charge in [0.2, 0.25) is 0 Å². The first-order chi connectivity index (χ1) is 9.49. The fourth-order valence-electron chi connectivity index (χ4n) is 2.09.